The van der Waals surface area contributed by atoms with Crippen molar-refractivity contribution >= 4 is 35.0 Å². The van der Waals surface area contributed by atoms with Gasteiger partial charge in [-0.2, -0.15) is 0 Å². The van der Waals surface area contributed by atoms with Crippen molar-refractivity contribution in [2.45, 2.75) is 111 Å². The fourth-order valence-corrected chi connectivity index (χ4v) is 25.4. The van der Waals surface area contributed by atoms with Crippen LogP contribution in [0, 0.1) is 5.92 Å². The molecule has 0 aromatic carbocycles. The van der Waals surface area contributed by atoms with Crippen LogP contribution in [0.1, 0.15) is 66.7 Å². The number of hydrogen-bond acceptors (Lipinski definition) is 4. The molecule has 1 heterocycles. The number of hydrogen-bond donors (Lipinski definition) is 0. The van der Waals surface area contributed by atoms with Gasteiger partial charge in [-0.25, -0.2) is 0 Å². The summed E-state index contributed by atoms with van der Waals surface area (Å²) in [4.78, 5) is 0. The summed E-state index contributed by atoms with van der Waals surface area (Å²) >= 11 is 0. The molecule has 1 aliphatic heterocycles. The van der Waals surface area contributed by atoms with Crippen molar-refractivity contribution < 1.29 is 16.5 Å². The van der Waals surface area contributed by atoms with Crippen LogP contribution in [0.2, 0.25) is 43.8 Å². The van der Waals surface area contributed by atoms with Crippen molar-refractivity contribution in [3.05, 3.63) is 0 Å². The third-order valence-corrected chi connectivity index (χ3v) is 23.5. The van der Waals surface area contributed by atoms with Gasteiger partial charge in [0, 0.05) is 0 Å². The molecule has 0 bridgehead atoms. The highest BCUT2D eigenvalue weighted by Gasteiger charge is 2.52. The second kappa shape index (κ2) is 11.0. The fourth-order valence-electron chi connectivity index (χ4n) is 4.28. The molecule has 0 saturated carbocycles. The van der Waals surface area contributed by atoms with E-state index in [0.29, 0.717) is 5.92 Å². The van der Waals surface area contributed by atoms with Gasteiger partial charge in [-0.15, -0.1) is 0 Å². The second-order valence-electron chi connectivity index (χ2n) is 8.65. The topological polar surface area (TPSA) is 36.9 Å². The zero-order chi connectivity index (χ0) is 19.8. The van der Waals surface area contributed by atoms with Crippen LogP contribution in [0.15, 0.2) is 0 Å². The van der Waals surface area contributed by atoms with Crippen LogP contribution in [-0.4, -0.2) is 35.0 Å². The highest BCUT2D eigenvalue weighted by molar-refractivity contribution is 6.90. The first-order valence-corrected chi connectivity index (χ1v) is 20.2. The molecule has 0 aromatic rings. The van der Waals surface area contributed by atoms with Gasteiger partial charge in [0.1, 0.15) is 0 Å². The molecule has 0 aliphatic carbocycles. The number of rotatable bonds is 10. The molecule has 0 amide bonds. The zero-order valence-corrected chi connectivity index (χ0v) is 22.8. The van der Waals surface area contributed by atoms with Crippen molar-refractivity contribution in [2.24, 2.45) is 5.92 Å². The maximum absolute atomic E-state index is 6.88. The highest BCUT2D eigenvalue weighted by Crippen LogP contribution is 2.35. The standard InChI is InChI=1S/C18H44O4Si4/c1-9-13-18(5)17-23-19-24(6,14-10-2)21-26(8,16-12-4)22-25(7,20-23)15-11-3/h18,23H,9-17H2,1-8H3. The smallest absolute Gasteiger partial charge is 0.317 e. The van der Waals surface area contributed by atoms with E-state index >= 15 is 0 Å². The van der Waals surface area contributed by atoms with E-state index in [0.717, 1.165) is 43.4 Å². The lowest BCUT2D eigenvalue weighted by Gasteiger charge is -2.47. The van der Waals surface area contributed by atoms with Gasteiger partial charge < -0.3 is 16.5 Å². The van der Waals surface area contributed by atoms with Gasteiger partial charge in [0.2, 0.25) is 0 Å². The lowest BCUT2D eigenvalue weighted by molar-refractivity contribution is 0.232. The summed E-state index contributed by atoms with van der Waals surface area (Å²) in [6.45, 7) is 18.1. The van der Waals surface area contributed by atoms with Gasteiger partial charge in [0.25, 0.3) is 0 Å². The Balaban J connectivity index is 3.11. The van der Waals surface area contributed by atoms with Crippen LogP contribution in [0.5, 0.6) is 0 Å². The normalized spacial score (nSPS) is 37.2. The molecule has 0 spiro atoms. The first-order chi connectivity index (χ1) is 12.1. The summed E-state index contributed by atoms with van der Waals surface area (Å²) in [5.74, 6) is 0.662. The Hall–Kier alpha value is 0.708. The molecule has 1 aliphatic rings. The van der Waals surface area contributed by atoms with E-state index in [9.17, 15) is 0 Å². The van der Waals surface area contributed by atoms with Crippen molar-refractivity contribution in [3.8, 4) is 0 Å². The first kappa shape index (κ1) is 24.7. The second-order valence-corrected chi connectivity index (χ2v) is 21.8. The van der Waals surface area contributed by atoms with E-state index in [1.165, 1.54) is 12.8 Å². The lowest BCUT2D eigenvalue weighted by atomic mass is 10.1. The summed E-state index contributed by atoms with van der Waals surface area (Å²) in [7, 11) is -8.51. The Bertz CT molecular complexity index is 391. The van der Waals surface area contributed by atoms with Crippen LogP contribution in [0.4, 0.5) is 0 Å². The van der Waals surface area contributed by atoms with Crippen molar-refractivity contribution in [1.29, 1.82) is 0 Å². The van der Waals surface area contributed by atoms with E-state index in [4.69, 9.17) is 16.5 Å². The SMILES string of the molecule is CCCC(C)C[SiH]1O[Si](C)(CCC)O[Si](C)(CCC)O[Si](C)(CCC)O1. The molecule has 0 aromatic heterocycles. The predicted molar refractivity (Wildman–Crippen MR) is 121 cm³/mol. The van der Waals surface area contributed by atoms with Gasteiger partial charge in [-0.05, 0) is 49.7 Å². The summed E-state index contributed by atoms with van der Waals surface area (Å²) in [5.41, 5.74) is 0. The maximum Gasteiger partial charge on any atom is 0.317 e. The van der Waals surface area contributed by atoms with E-state index in [1.807, 2.05) is 0 Å². The Kier molecular flexibility index (Phi) is 10.5. The summed E-state index contributed by atoms with van der Waals surface area (Å²) in [6.07, 6.45) is 5.79. The predicted octanol–water partition coefficient (Wildman–Crippen LogP) is 6.17. The fraction of sp³-hybridized carbons (Fsp3) is 1.00. The zero-order valence-electron chi connectivity index (χ0n) is 18.7. The summed E-state index contributed by atoms with van der Waals surface area (Å²) in [6, 6.07) is 4.22. The average Bonchev–Trinajstić information content (AvgIpc) is 2.45. The van der Waals surface area contributed by atoms with Crippen molar-refractivity contribution in [3.63, 3.8) is 0 Å². The molecule has 1 saturated heterocycles. The average molecular weight is 437 g/mol. The Morgan fingerprint density at radius 1 is 0.692 bits per heavy atom. The minimum Gasteiger partial charge on any atom is -0.418 e. The Labute approximate surface area is 167 Å². The third kappa shape index (κ3) is 7.98. The van der Waals surface area contributed by atoms with Crippen molar-refractivity contribution in [1.82, 2.24) is 0 Å². The molecule has 3 unspecified atom stereocenters. The minimum absolute atomic E-state index is 0.662. The summed E-state index contributed by atoms with van der Waals surface area (Å²) < 4.78 is 27.5. The van der Waals surface area contributed by atoms with Gasteiger partial charge >= 0.3 is 35.0 Å². The molecule has 0 N–H and O–H groups in total. The van der Waals surface area contributed by atoms with Crippen molar-refractivity contribution in [2.75, 3.05) is 0 Å². The van der Waals surface area contributed by atoms with Crippen LogP contribution >= 0.6 is 0 Å². The molecular weight excluding hydrogens is 393 g/mol. The third-order valence-electron chi connectivity index (χ3n) is 5.11. The first-order valence-electron chi connectivity index (χ1n) is 10.9. The van der Waals surface area contributed by atoms with Crippen LogP contribution < -0.4 is 0 Å². The molecular formula is C18H44O4Si4. The van der Waals surface area contributed by atoms with E-state index < -0.39 is 35.0 Å². The molecule has 0 radical (unpaired) electrons. The molecule has 1 rings (SSSR count). The molecule has 156 valence electrons. The van der Waals surface area contributed by atoms with Crippen LogP contribution in [0.25, 0.3) is 0 Å². The van der Waals surface area contributed by atoms with Crippen LogP contribution in [0.3, 0.4) is 0 Å². The molecule has 1 fully saturated rings. The minimum atomic E-state index is -2.25. The Morgan fingerprint density at radius 3 is 1.50 bits per heavy atom. The summed E-state index contributed by atoms with van der Waals surface area (Å²) in [5, 5.41) is 0. The lowest BCUT2D eigenvalue weighted by Crippen LogP contribution is -2.63. The van der Waals surface area contributed by atoms with E-state index in [-0.39, 0.29) is 0 Å². The molecule has 4 nitrogen and oxygen atoms in total. The molecule has 8 heteroatoms. The van der Waals surface area contributed by atoms with Gasteiger partial charge in [0.15, 0.2) is 0 Å². The van der Waals surface area contributed by atoms with Crippen LogP contribution in [-0.2, 0) is 16.5 Å². The molecule has 3 atom stereocenters. The quantitative estimate of drug-likeness (QED) is 0.384. The highest BCUT2D eigenvalue weighted by atomic mass is 28.5. The van der Waals surface area contributed by atoms with Gasteiger partial charge in [-0.3, -0.25) is 0 Å². The monoisotopic (exact) mass is 436 g/mol. The van der Waals surface area contributed by atoms with Gasteiger partial charge in [-0.1, -0.05) is 66.7 Å². The largest absolute Gasteiger partial charge is 0.418 e. The van der Waals surface area contributed by atoms with E-state index in [1.54, 1.807) is 0 Å². The molecule has 26 heavy (non-hydrogen) atoms. The Morgan fingerprint density at radius 2 is 1.12 bits per heavy atom. The maximum atomic E-state index is 6.88. The van der Waals surface area contributed by atoms with E-state index in [2.05, 4.69) is 54.3 Å². The van der Waals surface area contributed by atoms with Gasteiger partial charge in [0.05, 0.1) is 0 Å².